The van der Waals surface area contributed by atoms with Gasteiger partial charge in [-0.15, -0.1) is 0 Å². The number of unbranched alkanes of at least 4 members (excludes halogenated alkanes) is 1. The molecule has 52 valence electrons. The fourth-order valence-electron chi connectivity index (χ4n) is 0.551. The van der Waals surface area contributed by atoms with Crippen LogP contribution in [-0.4, -0.2) is 4.86 Å². The van der Waals surface area contributed by atoms with Gasteiger partial charge in [0.2, 0.25) is 0 Å². The monoisotopic (exact) mass is 142 g/mol. The highest BCUT2D eigenvalue weighted by Crippen LogP contribution is 2.03. The highest BCUT2D eigenvalue weighted by atomic mass is 32.1. The van der Waals surface area contributed by atoms with E-state index >= 15 is 0 Å². The summed E-state index contributed by atoms with van der Waals surface area (Å²) in [5, 5.41) is 0. The molecule has 0 saturated heterocycles. The maximum absolute atomic E-state index is 5.04. The lowest BCUT2D eigenvalue weighted by atomic mass is 10.1. The van der Waals surface area contributed by atoms with Crippen molar-refractivity contribution >= 4 is 17.1 Å². The maximum Gasteiger partial charge on any atom is 0.0175 e. The molecule has 0 heterocycles. The highest BCUT2D eigenvalue weighted by Gasteiger charge is 1.93. The quantitative estimate of drug-likeness (QED) is 0.429. The summed E-state index contributed by atoms with van der Waals surface area (Å²) in [7, 11) is 0. The number of hydrogen-bond acceptors (Lipinski definition) is 1. The van der Waals surface area contributed by atoms with Gasteiger partial charge in [0.15, 0.2) is 0 Å². The SMILES string of the molecule is C=C(C)C(=S)CCCC. The number of hydrogen-bond donors (Lipinski definition) is 0. The standard InChI is InChI=1S/C8H14S/c1-4-5-6-8(9)7(2)3/h2,4-6H2,1,3H3. The molecule has 0 rings (SSSR count). The molecule has 1 heteroatoms. The van der Waals surface area contributed by atoms with Gasteiger partial charge in [0, 0.05) is 4.86 Å². The second-order valence-electron chi connectivity index (χ2n) is 2.31. The molecule has 0 aromatic carbocycles. The zero-order chi connectivity index (χ0) is 7.28. The van der Waals surface area contributed by atoms with Crippen molar-refractivity contribution in [2.75, 3.05) is 0 Å². The number of thiocarbonyl (C=S) groups is 1. The van der Waals surface area contributed by atoms with Crippen molar-refractivity contribution in [3.63, 3.8) is 0 Å². The summed E-state index contributed by atoms with van der Waals surface area (Å²) in [5.74, 6) is 0. The fourth-order valence-corrected chi connectivity index (χ4v) is 0.695. The normalized spacial score (nSPS) is 9.11. The summed E-state index contributed by atoms with van der Waals surface area (Å²) in [6, 6.07) is 0. The molecule has 0 radical (unpaired) electrons. The molecule has 0 aliphatic carbocycles. The Morgan fingerprint density at radius 1 is 1.56 bits per heavy atom. The van der Waals surface area contributed by atoms with Crippen molar-refractivity contribution in [3.05, 3.63) is 12.2 Å². The molecule has 0 unspecified atom stereocenters. The predicted octanol–water partition coefficient (Wildman–Crippen LogP) is 3.12. The molecule has 0 aliphatic rings. The van der Waals surface area contributed by atoms with Crippen molar-refractivity contribution < 1.29 is 0 Å². The van der Waals surface area contributed by atoms with Gasteiger partial charge in [-0.2, -0.15) is 0 Å². The Morgan fingerprint density at radius 3 is 2.44 bits per heavy atom. The smallest absolute Gasteiger partial charge is 0.0175 e. The van der Waals surface area contributed by atoms with Crippen molar-refractivity contribution in [1.82, 2.24) is 0 Å². The van der Waals surface area contributed by atoms with E-state index in [1.807, 2.05) is 6.92 Å². The summed E-state index contributed by atoms with van der Waals surface area (Å²) in [4.78, 5) is 1.04. The topological polar surface area (TPSA) is 0 Å². The van der Waals surface area contributed by atoms with E-state index in [0.717, 1.165) is 16.9 Å². The van der Waals surface area contributed by atoms with Crippen LogP contribution in [-0.2, 0) is 0 Å². The van der Waals surface area contributed by atoms with Crippen LogP contribution in [0.3, 0.4) is 0 Å². The van der Waals surface area contributed by atoms with Gasteiger partial charge in [-0.3, -0.25) is 0 Å². The maximum atomic E-state index is 5.04. The Morgan fingerprint density at radius 2 is 2.11 bits per heavy atom. The molecule has 0 aromatic heterocycles. The summed E-state index contributed by atoms with van der Waals surface area (Å²) in [6.07, 6.45) is 3.46. The van der Waals surface area contributed by atoms with Gasteiger partial charge >= 0.3 is 0 Å². The van der Waals surface area contributed by atoms with Crippen LogP contribution in [0, 0.1) is 0 Å². The lowest BCUT2D eigenvalue weighted by Gasteiger charge is -1.98. The molecule has 0 nitrogen and oxygen atoms in total. The first-order chi connectivity index (χ1) is 4.18. The molecule has 0 bridgehead atoms. The van der Waals surface area contributed by atoms with Gasteiger partial charge < -0.3 is 0 Å². The third kappa shape index (κ3) is 4.34. The van der Waals surface area contributed by atoms with Crippen LogP contribution in [0.5, 0.6) is 0 Å². The third-order valence-electron chi connectivity index (χ3n) is 1.23. The van der Waals surface area contributed by atoms with E-state index in [2.05, 4.69) is 13.5 Å². The Balaban J connectivity index is 3.39. The Kier molecular flexibility index (Phi) is 4.60. The van der Waals surface area contributed by atoms with Gasteiger partial charge in [-0.25, -0.2) is 0 Å². The zero-order valence-corrected chi connectivity index (χ0v) is 7.05. The molecule has 0 aromatic rings. The Labute approximate surface area is 63.0 Å². The van der Waals surface area contributed by atoms with Crippen molar-refractivity contribution in [2.24, 2.45) is 0 Å². The zero-order valence-electron chi connectivity index (χ0n) is 6.24. The molecule has 0 N–H and O–H groups in total. The van der Waals surface area contributed by atoms with E-state index in [1.165, 1.54) is 12.8 Å². The van der Waals surface area contributed by atoms with Crippen LogP contribution in [0.25, 0.3) is 0 Å². The first kappa shape index (κ1) is 8.83. The summed E-state index contributed by atoms with van der Waals surface area (Å²) in [6.45, 7) is 7.90. The highest BCUT2D eigenvalue weighted by molar-refractivity contribution is 7.80. The third-order valence-corrected chi connectivity index (χ3v) is 1.79. The predicted molar refractivity (Wildman–Crippen MR) is 46.9 cm³/mol. The largest absolute Gasteiger partial charge is 0.0950 e. The molecule has 0 spiro atoms. The fraction of sp³-hybridized carbons (Fsp3) is 0.625. The minimum atomic E-state index is 1.04. The van der Waals surface area contributed by atoms with E-state index in [-0.39, 0.29) is 0 Å². The van der Waals surface area contributed by atoms with Crippen molar-refractivity contribution in [2.45, 2.75) is 33.1 Å². The van der Waals surface area contributed by atoms with E-state index in [1.54, 1.807) is 0 Å². The first-order valence-corrected chi connectivity index (χ1v) is 3.78. The lowest BCUT2D eigenvalue weighted by molar-refractivity contribution is 0.840. The van der Waals surface area contributed by atoms with Gasteiger partial charge in [-0.05, 0) is 25.3 Å². The second-order valence-corrected chi connectivity index (χ2v) is 2.80. The molecular weight excluding hydrogens is 128 g/mol. The number of allylic oxidation sites excluding steroid dienone is 1. The second kappa shape index (κ2) is 4.68. The molecule has 0 saturated carbocycles. The first-order valence-electron chi connectivity index (χ1n) is 3.37. The van der Waals surface area contributed by atoms with E-state index in [4.69, 9.17) is 12.2 Å². The summed E-state index contributed by atoms with van der Waals surface area (Å²) >= 11 is 5.04. The van der Waals surface area contributed by atoms with E-state index < -0.39 is 0 Å². The van der Waals surface area contributed by atoms with Gasteiger partial charge in [-0.1, -0.05) is 32.1 Å². The van der Waals surface area contributed by atoms with Crippen LogP contribution in [0.15, 0.2) is 12.2 Å². The summed E-state index contributed by atoms with van der Waals surface area (Å²) in [5.41, 5.74) is 1.05. The minimum absolute atomic E-state index is 1.04. The molecule has 9 heavy (non-hydrogen) atoms. The Hall–Kier alpha value is -0.170. The van der Waals surface area contributed by atoms with Crippen LogP contribution in [0.4, 0.5) is 0 Å². The van der Waals surface area contributed by atoms with Crippen LogP contribution < -0.4 is 0 Å². The molecule has 0 fully saturated rings. The van der Waals surface area contributed by atoms with Gasteiger partial charge in [0.25, 0.3) is 0 Å². The van der Waals surface area contributed by atoms with Crippen LogP contribution >= 0.6 is 12.2 Å². The average Bonchev–Trinajstić information content (AvgIpc) is 1.82. The van der Waals surface area contributed by atoms with E-state index in [0.29, 0.717) is 0 Å². The summed E-state index contributed by atoms with van der Waals surface area (Å²) < 4.78 is 0. The molecule has 0 aliphatic heterocycles. The molecule has 0 atom stereocenters. The van der Waals surface area contributed by atoms with Gasteiger partial charge in [0.1, 0.15) is 0 Å². The van der Waals surface area contributed by atoms with Crippen molar-refractivity contribution in [3.8, 4) is 0 Å². The van der Waals surface area contributed by atoms with E-state index in [9.17, 15) is 0 Å². The number of rotatable bonds is 4. The Bertz CT molecular complexity index is 114. The van der Waals surface area contributed by atoms with Crippen LogP contribution in [0.2, 0.25) is 0 Å². The lowest BCUT2D eigenvalue weighted by Crippen LogP contribution is -1.93. The minimum Gasteiger partial charge on any atom is -0.0950 e. The average molecular weight is 142 g/mol. The molecule has 0 amide bonds. The van der Waals surface area contributed by atoms with Crippen LogP contribution in [0.1, 0.15) is 33.1 Å². The molecular formula is C8H14S. The van der Waals surface area contributed by atoms with Crippen molar-refractivity contribution in [1.29, 1.82) is 0 Å². The van der Waals surface area contributed by atoms with Gasteiger partial charge in [0.05, 0.1) is 0 Å².